The molecule has 0 aromatic carbocycles. The molecule has 4 N–H and O–H groups in total. The molecule has 1 fully saturated rings. The Labute approximate surface area is 169 Å². The van der Waals surface area contributed by atoms with E-state index in [1.165, 1.54) is 0 Å². The Morgan fingerprint density at radius 3 is 2.03 bits per heavy atom. The van der Waals surface area contributed by atoms with Crippen molar-refractivity contribution in [3.63, 3.8) is 0 Å². The van der Waals surface area contributed by atoms with Gasteiger partial charge in [0.1, 0.15) is 24.4 Å². The van der Waals surface area contributed by atoms with Crippen molar-refractivity contribution in [1.29, 1.82) is 0 Å². The molecule has 0 radical (unpaired) electrons. The number of aliphatic hydroxyl groups excluding tert-OH is 4. The zero-order valence-electron chi connectivity index (χ0n) is 16.0. The molecule has 0 saturated carbocycles. The third-order valence-corrected chi connectivity index (χ3v) is 4.76. The molecule has 0 unspecified atom stereocenters. The summed E-state index contributed by atoms with van der Waals surface area (Å²) in [6.07, 6.45) is -2.93. The van der Waals surface area contributed by atoms with E-state index in [0.717, 1.165) is 11.4 Å². The number of nitrogens with zero attached hydrogens (tertiary/aromatic N) is 3. The number of rotatable bonds is 9. The highest BCUT2D eigenvalue weighted by Gasteiger charge is 2.43. The summed E-state index contributed by atoms with van der Waals surface area (Å²) >= 11 is 0. The zero-order valence-corrected chi connectivity index (χ0v) is 16.0. The van der Waals surface area contributed by atoms with Gasteiger partial charge in [-0.25, -0.2) is 0 Å². The van der Waals surface area contributed by atoms with Crippen LogP contribution in [-0.2, 0) is 22.6 Å². The van der Waals surface area contributed by atoms with E-state index in [4.69, 9.17) is 9.47 Å². The average molecular weight is 405 g/mol. The number of hydrogen-bond donors (Lipinski definition) is 4. The van der Waals surface area contributed by atoms with Crippen LogP contribution in [0.4, 0.5) is 0 Å². The molecular weight excluding hydrogens is 378 g/mol. The zero-order chi connectivity index (χ0) is 20.6. The van der Waals surface area contributed by atoms with Crippen LogP contribution in [0, 0.1) is 0 Å². The molecule has 9 nitrogen and oxygen atoms in total. The van der Waals surface area contributed by atoms with Crippen molar-refractivity contribution in [2.45, 2.75) is 43.8 Å². The number of hydrogen-bond acceptors (Lipinski definition) is 9. The lowest BCUT2D eigenvalue weighted by Gasteiger charge is -2.39. The molecule has 1 aliphatic heterocycles. The largest absolute Gasteiger partial charge is 0.394 e. The maximum atomic E-state index is 10.1. The molecule has 1 aliphatic rings. The van der Waals surface area contributed by atoms with Crippen molar-refractivity contribution < 1.29 is 29.9 Å². The minimum Gasteiger partial charge on any atom is -0.394 e. The van der Waals surface area contributed by atoms with Crippen molar-refractivity contribution in [3.8, 4) is 0 Å². The monoisotopic (exact) mass is 405 g/mol. The Kier molecular flexibility index (Phi) is 8.01. The summed E-state index contributed by atoms with van der Waals surface area (Å²) in [5.74, 6) is 0. The van der Waals surface area contributed by atoms with Crippen molar-refractivity contribution >= 4 is 0 Å². The SMILES string of the molecule is OC[C@H]1O[C@H](OCCN(Cc2ccccn2)Cc2ccccn2)[C@H](O)[C@@H](O)[C@@H]1O. The third kappa shape index (κ3) is 6.00. The summed E-state index contributed by atoms with van der Waals surface area (Å²) in [7, 11) is 0. The second-order valence-corrected chi connectivity index (χ2v) is 6.92. The first kappa shape index (κ1) is 21.7. The van der Waals surface area contributed by atoms with E-state index in [9.17, 15) is 20.4 Å². The molecule has 0 amide bonds. The van der Waals surface area contributed by atoms with Crippen LogP contribution >= 0.6 is 0 Å². The molecule has 0 aliphatic carbocycles. The molecule has 2 aromatic rings. The Bertz CT molecular complexity index is 679. The summed E-state index contributed by atoms with van der Waals surface area (Å²) in [4.78, 5) is 10.8. The topological polar surface area (TPSA) is 128 Å². The lowest BCUT2D eigenvalue weighted by atomic mass is 9.99. The molecule has 3 heterocycles. The van der Waals surface area contributed by atoms with Crippen molar-refractivity contribution in [3.05, 3.63) is 60.2 Å². The van der Waals surface area contributed by atoms with Gasteiger partial charge >= 0.3 is 0 Å². The minimum atomic E-state index is -1.45. The quantitative estimate of drug-likeness (QED) is 0.428. The van der Waals surface area contributed by atoms with E-state index in [1.807, 2.05) is 36.4 Å². The van der Waals surface area contributed by atoms with Gasteiger partial charge in [-0.3, -0.25) is 14.9 Å². The molecule has 3 rings (SSSR count). The first-order valence-electron chi connectivity index (χ1n) is 9.52. The highest BCUT2D eigenvalue weighted by atomic mass is 16.7. The first-order valence-corrected chi connectivity index (χ1v) is 9.52. The van der Waals surface area contributed by atoms with E-state index in [-0.39, 0.29) is 6.61 Å². The first-order chi connectivity index (χ1) is 14.1. The molecule has 158 valence electrons. The van der Waals surface area contributed by atoms with Crippen molar-refractivity contribution in [2.75, 3.05) is 19.8 Å². The smallest absolute Gasteiger partial charge is 0.186 e. The maximum absolute atomic E-state index is 10.1. The molecule has 9 heteroatoms. The molecule has 5 atom stereocenters. The lowest BCUT2D eigenvalue weighted by molar-refractivity contribution is -0.301. The highest BCUT2D eigenvalue weighted by molar-refractivity contribution is 5.06. The minimum absolute atomic E-state index is 0.197. The maximum Gasteiger partial charge on any atom is 0.186 e. The molecule has 0 bridgehead atoms. The summed E-state index contributed by atoms with van der Waals surface area (Å²) in [5, 5.41) is 39.1. The van der Waals surface area contributed by atoms with E-state index in [2.05, 4.69) is 14.9 Å². The van der Waals surface area contributed by atoms with Crippen molar-refractivity contribution in [1.82, 2.24) is 14.9 Å². The molecular formula is C20H27N3O6. The molecule has 1 saturated heterocycles. The van der Waals surface area contributed by atoms with Crippen LogP contribution < -0.4 is 0 Å². The summed E-state index contributed by atoms with van der Waals surface area (Å²) in [6, 6.07) is 11.4. The van der Waals surface area contributed by atoms with Gasteiger partial charge in [-0.15, -0.1) is 0 Å². The van der Waals surface area contributed by atoms with Gasteiger partial charge in [0.25, 0.3) is 0 Å². The van der Waals surface area contributed by atoms with Crippen molar-refractivity contribution in [2.24, 2.45) is 0 Å². The van der Waals surface area contributed by atoms with E-state index in [1.54, 1.807) is 12.4 Å². The second-order valence-electron chi connectivity index (χ2n) is 6.92. The van der Waals surface area contributed by atoms with E-state index < -0.39 is 37.3 Å². The van der Waals surface area contributed by atoms with Gasteiger partial charge in [0.2, 0.25) is 0 Å². The van der Waals surface area contributed by atoms with Crippen LogP contribution in [-0.4, -0.2) is 85.8 Å². The summed E-state index contributed by atoms with van der Waals surface area (Å²) in [6.45, 7) is 1.35. The van der Waals surface area contributed by atoms with Crippen LogP contribution in [0.3, 0.4) is 0 Å². The fourth-order valence-corrected chi connectivity index (χ4v) is 3.16. The van der Waals surface area contributed by atoms with Crippen LogP contribution in [0.15, 0.2) is 48.8 Å². The normalized spacial score (nSPS) is 27.3. The van der Waals surface area contributed by atoms with Gasteiger partial charge in [-0.1, -0.05) is 12.1 Å². The van der Waals surface area contributed by atoms with E-state index >= 15 is 0 Å². The number of ether oxygens (including phenoxy) is 2. The van der Waals surface area contributed by atoms with Gasteiger partial charge in [0.15, 0.2) is 6.29 Å². The van der Waals surface area contributed by atoms with Crippen LogP contribution in [0.1, 0.15) is 11.4 Å². The van der Waals surface area contributed by atoms with Crippen LogP contribution in [0.5, 0.6) is 0 Å². The van der Waals surface area contributed by atoms with Gasteiger partial charge in [0.05, 0.1) is 24.6 Å². The Morgan fingerprint density at radius 2 is 1.52 bits per heavy atom. The lowest BCUT2D eigenvalue weighted by Crippen LogP contribution is -2.59. The van der Waals surface area contributed by atoms with Crippen LogP contribution in [0.2, 0.25) is 0 Å². The second kappa shape index (κ2) is 10.7. The fraction of sp³-hybridized carbons (Fsp3) is 0.500. The predicted molar refractivity (Wildman–Crippen MR) is 102 cm³/mol. The van der Waals surface area contributed by atoms with Gasteiger partial charge in [0, 0.05) is 32.0 Å². The average Bonchev–Trinajstić information content (AvgIpc) is 2.75. The summed E-state index contributed by atoms with van der Waals surface area (Å²) in [5.41, 5.74) is 1.80. The number of aliphatic hydroxyl groups is 4. The fourth-order valence-electron chi connectivity index (χ4n) is 3.16. The predicted octanol–water partition coefficient (Wildman–Crippen LogP) is -0.705. The van der Waals surface area contributed by atoms with E-state index in [0.29, 0.717) is 19.6 Å². The van der Waals surface area contributed by atoms with Crippen LogP contribution in [0.25, 0.3) is 0 Å². The standard InChI is InChI=1S/C20H27N3O6/c24-13-16-17(25)18(26)19(27)20(29-16)28-10-9-23(11-14-5-1-3-7-21-14)12-15-6-2-4-8-22-15/h1-8,16-20,24-27H,9-13H2/t16-,17-,18+,19-,20+/m1/s1. The highest BCUT2D eigenvalue weighted by Crippen LogP contribution is 2.22. The third-order valence-electron chi connectivity index (χ3n) is 4.76. The Morgan fingerprint density at radius 1 is 0.897 bits per heavy atom. The molecule has 2 aromatic heterocycles. The summed E-state index contributed by atoms with van der Waals surface area (Å²) < 4.78 is 11.0. The molecule has 29 heavy (non-hydrogen) atoms. The number of pyridine rings is 2. The Balaban J connectivity index is 1.59. The Hall–Kier alpha value is -1.98. The van der Waals surface area contributed by atoms with Gasteiger partial charge in [-0.05, 0) is 24.3 Å². The van der Waals surface area contributed by atoms with Gasteiger partial charge < -0.3 is 29.9 Å². The van der Waals surface area contributed by atoms with Gasteiger partial charge in [-0.2, -0.15) is 0 Å². The molecule has 0 spiro atoms. The number of aromatic nitrogens is 2.